The summed E-state index contributed by atoms with van der Waals surface area (Å²) in [5.74, 6) is 0.191. The van der Waals surface area contributed by atoms with Crippen LogP contribution >= 0.6 is 0 Å². The molecule has 3 nitrogen and oxygen atoms in total. The van der Waals surface area contributed by atoms with E-state index in [0.29, 0.717) is 13.1 Å². The lowest BCUT2D eigenvalue weighted by Crippen LogP contribution is -2.40. The van der Waals surface area contributed by atoms with Gasteiger partial charge in [-0.3, -0.25) is 4.79 Å². The molecule has 0 bridgehead atoms. The van der Waals surface area contributed by atoms with Crippen molar-refractivity contribution in [1.82, 2.24) is 4.90 Å². The summed E-state index contributed by atoms with van der Waals surface area (Å²) in [4.78, 5) is 14.3. The van der Waals surface area contributed by atoms with Crippen LogP contribution in [0.15, 0.2) is 24.3 Å². The highest BCUT2D eigenvalue weighted by molar-refractivity contribution is 5.82. The quantitative estimate of drug-likeness (QED) is 0.814. The number of nitrogens with zero attached hydrogens (tertiary/aromatic N) is 1. The minimum Gasteiger partial charge on any atom is -0.398 e. The van der Waals surface area contributed by atoms with Crippen LogP contribution in [0.3, 0.4) is 0 Å². The zero-order chi connectivity index (χ0) is 13.8. The largest absolute Gasteiger partial charge is 0.398 e. The van der Waals surface area contributed by atoms with Gasteiger partial charge in [-0.15, -0.1) is 0 Å². The molecule has 0 unspecified atom stereocenters. The molecule has 0 fully saturated rings. The molecule has 1 aromatic carbocycles. The second-order valence-electron chi connectivity index (χ2n) is 5.26. The Bertz CT molecular complexity index is 413. The number of nitrogens with two attached hydrogens (primary N) is 1. The molecule has 0 radical (unpaired) electrons. The van der Waals surface area contributed by atoms with Crippen LogP contribution in [0.25, 0.3) is 0 Å². The van der Waals surface area contributed by atoms with Crippen molar-refractivity contribution in [3.63, 3.8) is 0 Å². The summed E-state index contributed by atoms with van der Waals surface area (Å²) in [6.07, 6.45) is 0.840. The second kappa shape index (κ2) is 5.89. The van der Waals surface area contributed by atoms with Crippen molar-refractivity contribution in [3.05, 3.63) is 29.8 Å². The van der Waals surface area contributed by atoms with Crippen LogP contribution in [0.4, 0.5) is 5.69 Å². The topological polar surface area (TPSA) is 46.3 Å². The Labute approximate surface area is 110 Å². The maximum atomic E-state index is 12.4. The second-order valence-corrected chi connectivity index (χ2v) is 5.26. The van der Waals surface area contributed by atoms with E-state index in [1.807, 2.05) is 56.9 Å². The molecule has 0 spiro atoms. The molecular formula is C15H24N2O. The van der Waals surface area contributed by atoms with E-state index in [2.05, 4.69) is 0 Å². The first-order valence-corrected chi connectivity index (χ1v) is 6.55. The molecule has 0 heterocycles. The maximum Gasteiger partial charge on any atom is 0.228 e. The number of hydrogen-bond acceptors (Lipinski definition) is 2. The van der Waals surface area contributed by atoms with Gasteiger partial charge in [0.05, 0.1) is 0 Å². The summed E-state index contributed by atoms with van der Waals surface area (Å²) in [5, 5.41) is 0. The van der Waals surface area contributed by atoms with Crippen LogP contribution < -0.4 is 5.73 Å². The van der Waals surface area contributed by atoms with Gasteiger partial charge < -0.3 is 10.6 Å². The van der Waals surface area contributed by atoms with Crippen LogP contribution in [-0.2, 0) is 11.3 Å². The molecule has 0 atom stereocenters. The van der Waals surface area contributed by atoms with Crippen molar-refractivity contribution >= 4 is 11.6 Å². The van der Waals surface area contributed by atoms with Crippen molar-refractivity contribution in [1.29, 1.82) is 0 Å². The summed E-state index contributed by atoms with van der Waals surface area (Å²) in [6, 6.07) is 7.71. The highest BCUT2D eigenvalue weighted by Gasteiger charge is 2.29. The normalized spacial score (nSPS) is 11.3. The number of amides is 1. The fourth-order valence-corrected chi connectivity index (χ4v) is 1.79. The molecule has 1 aromatic rings. The predicted octanol–water partition coefficient (Wildman–Crippen LogP) is 3.05. The Kier molecular flexibility index (Phi) is 4.76. The summed E-state index contributed by atoms with van der Waals surface area (Å²) in [5.41, 5.74) is 7.38. The predicted molar refractivity (Wildman–Crippen MR) is 76.0 cm³/mol. The van der Waals surface area contributed by atoms with Gasteiger partial charge in [-0.05, 0) is 25.0 Å². The maximum absolute atomic E-state index is 12.4. The smallest absolute Gasteiger partial charge is 0.228 e. The minimum absolute atomic E-state index is 0.191. The molecule has 1 amide bonds. The first kappa shape index (κ1) is 14.6. The van der Waals surface area contributed by atoms with Crippen LogP contribution in [0.2, 0.25) is 0 Å². The van der Waals surface area contributed by atoms with E-state index in [9.17, 15) is 4.79 Å². The molecule has 0 saturated heterocycles. The Hall–Kier alpha value is -1.51. The van der Waals surface area contributed by atoms with Crippen molar-refractivity contribution < 1.29 is 4.79 Å². The van der Waals surface area contributed by atoms with Gasteiger partial charge in [0.1, 0.15) is 0 Å². The first-order chi connectivity index (χ1) is 8.42. The lowest BCUT2D eigenvalue weighted by atomic mass is 9.88. The van der Waals surface area contributed by atoms with Gasteiger partial charge in [-0.2, -0.15) is 0 Å². The highest BCUT2D eigenvalue weighted by atomic mass is 16.2. The molecule has 100 valence electrons. The molecule has 1 rings (SSSR count). The fourth-order valence-electron chi connectivity index (χ4n) is 1.79. The van der Waals surface area contributed by atoms with Crippen LogP contribution in [0.5, 0.6) is 0 Å². The van der Waals surface area contributed by atoms with Crippen molar-refractivity contribution in [2.24, 2.45) is 5.41 Å². The number of para-hydroxylation sites is 1. The van der Waals surface area contributed by atoms with Gasteiger partial charge in [0, 0.05) is 24.2 Å². The van der Waals surface area contributed by atoms with E-state index < -0.39 is 0 Å². The number of carbonyl (C=O) groups excluding carboxylic acids is 1. The fraction of sp³-hybridized carbons (Fsp3) is 0.533. The number of nitrogen functional groups attached to an aromatic ring is 1. The van der Waals surface area contributed by atoms with E-state index in [1.165, 1.54) is 0 Å². The van der Waals surface area contributed by atoms with Gasteiger partial charge in [0.2, 0.25) is 5.91 Å². The number of benzene rings is 1. The molecule has 0 aliphatic heterocycles. The highest BCUT2D eigenvalue weighted by Crippen LogP contribution is 2.24. The van der Waals surface area contributed by atoms with Crippen molar-refractivity contribution in [2.75, 3.05) is 12.3 Å². The van der Waals surface area contributed by atoms with E-state index in [4.69, 9.17) is 5.73 Å². The number of hydrogen-bond donors (Lipinski definition) is 1. The molecule has 2 N–H and O–H groups in total. The molecule has 3 heteroatoms. The number of anilines is 1. The van der Waals surface area contributed by atoms with E-state index in [-0.39, 0.29) is 11.3 Å². The Morgan fingerprint density at radius 3 is 2.39 bits per heavy atom. The van der Waals surface area contributed by atoms with Gasteiger partial charge in [-0.1, -0.05) is 39.0 Å². The van der Waals surface area contributed by atoms with Crippen LogP contribution in [0, 0.1) is 5.41 Å². The molecular weight excluding hydrogens is 224 g/mol. The molecule has 18 heavy (non-hydrogen) atoms. The summed E-state index contributed by atoms with van der Waals surface area (Å²) in [7, 11) is 0. The van der Waals surface area contributed by atoms with Crippen LogP contribution in [0.1, 0.15) is 39.7 Å². The molecule has 0 saturated carbocycles. The third-order valence-electron chi connectivity index (χ3n) is 3.55. The molecule has 0 aliphatic carbocycles. The first-order valence-electron chi connectivity index (χ1n) is 6.55. The van der Waals surface area contributed by atoms with Crippen LogP contribution in [-0.4, -0.2) is 17.4 Å². The Morgan fingerprint density at radius 1 is 1.28 bits per heavy atom. The Balaban J connectivity index is 2.86. The lowest BCUT2D eigenvalue weighted by Gasteiger charge is -2.30. The lowest BCUT2D eigenvalue weighted by molar-refractivity contribution is -0.140. The minimum atomic E-state index is -0.306. The van der Waals surface area contributed by atoms with Gasteiger partial charge in [0.25, 0.3) is 0 Å². The van der Waals surface area contributed by atoms with Gasteiger partial charge in [-0.25, -0.2) is 0 Å². The number of carbonyl (C=O) groups is 1. The summed E-state index contributed by atoms with van der Waals surface area (Å²) >= 11 is 0. The van der Waals surface area contributed by atoms with E-state index >= 15 is 0 Å². The monoisotopic (exact) mass is 248 g/mol. The summed E-state index contributed by atoms with van der Waals surface area (Å²) in [6.45, 7) is 9.33. The third-order valence-corrected chi connectivity index (χ3v) is 3.55. The molecule has 0 aliphatic rings. The van der Waals surface area contributed by atoms with Crippen molar-refractivity contribution in [3.8, 4) is 0 Å². The SMILES string of the molecule is CCN(Cc1ccccc1N)C(=O)C(C)(C)CC. The zero-order valence-electron chi connectivity index (χ0n) is 11.9. The van der Waals surface area contributed by atoms with Gasteiger partial charge >= 0.3 is 0 Å². The zero-order valence-corrected chi connectivity index (χ0v) is 11.9. The third kappa shape index (κ3) is 3.25. The molecule has 0 aromatic heterocycles. The Morgan fingerprint density at radius 2 is 1.89 bits per heavy atom. The summed E-state index contributed by atoms with van der Waals surface area (Å²) < 4.78 is 0. The standard InChI is InChI=1S/C15H24N2O/c1-5-15(3,4)14(18)17(6-2)11-12-9-7-8-10-13(12)16/h7-10H,5-6,11,16H2,1-4H3. The van der Waals surface area contributed by atoms with E-state index in [1.54, 1.807) is 0 Å². The average molecular weight is 248 g/mol. The van der Waals surface area contributed by atoms with Gasteiger partial charge in [0.15, 0.2) is 0 Å². The van der Waals surface area contributed by atoms with Crippen molar-refractivity contribution in [2.45, 2.75) is 40.7 Å². The number of rotatable bonds is 5. The van der Waals surface area contributed by atoms with E-state index in [0.717, 1.165) is 17.7 Å². The average Bonchev–Trinajstić information content (AvgIpc) is 2.37.